The molecule has 2 unspecified atom stereocenters. The van der Waals surface area contributed by atoms with Gasteiger partial charge in [0.25, 0.3) is 0 Å². The van der Waals surface area contributed by atoms with Crippen molar-refractivity contribution in [2.75, 3.05) is 29.2 Å². The molecule has 11 nitrogen and oxygen atoms in total. The third-order valence-electron chi connectivity index (χ3n) is 7.43. The molecule has 0 radical (unpaired) electrons. The largest absolute Gasteiger partial charge is 0.381 e. The predicted molar refractivity (Wildman–Crippen MR) is 149 cm³/mol. The van der Waals surface area contributed by atoms with E-state index in [0.29, 0.717) is 48.0 Å². The highest BCUT2D eigenvalue weighted by Crippen LogP contribution is 2.51. The van der Waals surface area contributed by atoms with Gasteiger partial charge in [0.2, 0.25) is 5.91 Å². The summed E-state index contributed by atoms with van der Waals surface area (Å²) in [6, 6.07) is 8.64. The van der Waals surface area contributed by atoms with E-state index in [1.807, 2.05) is 52.1 Å². The summed E-state index contributed by atoms with van der Waals surface area (Å²) in [5, 5.41) is 17.1. The molecule has 2 fully saturated rings. The van der Waals surface area contributed by atoms with Crippen LogP contribution in [0.4, 0.5) is 22.0 Å². The molecule has 1 saturated heterocycles. The van der Waals surface area contributed by atoms with E-state index < -0.39 is 6.03 Å². The van der Waals surface area contributed by atoms with E-state index in [-0.39, 0.29) is 17.2 Å². The molecule has 3 N–H and O–H groups in total. The number of aromatic nitrogens is 4. The predicted octanol–water partition coefficient (Wildman–Crippen LogP) is 5.00. The summed E-state index contributed by atoms with van der Waals surface area (Å²) in [7, 11) is 0. The van der Waals surface area contributed by atoms with Gasteiger partial charge >= 0.3 is 6.03 Å². The number of anilines is 3. The molecule has 3 aromatic heterocycles. The van der Waals surface area contributed by atoms with Gasteiger partial charge in [-0.2, -0.15) is 5.10 Å². The minimum atomic E-state index is -0.438. The molecule has 11 heteroatoms. The summed E-state index contributed by atoms with van der Waals surface area (Å²) >= 11 is 0. The van der Waals surface area contributed by atoms with Crippen LogP contribution in [0.3, 0.4) is 0 Å². The average Bonchev–Trinajstić information content (AvgIpc) is 3.40. The normalized spacial score (nSPS) is 19.6. The Morgan fingerprint density at radius 3 is 2.58 bits per heavy atom. The fourth-order valence-corrected chi connectivity index (χ4v) is 5.07. The first-order chi connectivity index (χ1) is 19.2. The summed E-state index contributed by atoms with van der Waals surface area (Å²) < 4.78 is 12.5. The number of nitrogens with zero attached hydrogens (tertiary/aromatic N) is 4. The van der Waals surface area contributed by atoms with Gasteiger partial charge in [-0.15, -0.1) is 0 Å². The third-order valence-corrected chi connectivity index (χ3v) is 7.43. The van der Waals surface area contributed by atoms with Crippen LogP contribution >= 0.6 is 0 Å². The van der Waals surface area contributed by atoms with Gasteiger partial charge in [-0.3, -0.25) is 15.1 Å². The first-order valence-electron chi connectivity index (χ1n) is 13.2. The lowest BCUT2D eigenvalue weighted by atomic mass is 9.93. The smallest absolute Gasteiger partial charge is 0.324 e. The van der Waals surface area contributed by atoms with Gasteiger partial charge < -0.3 is 19.9 Å². The monoisotopic (exact) mass is 541 g/mol. The fraction of sp³-hybridized carbons (Fsp3) is 0.345. The lowest BCUT2D eigenvalue weighted by Crippen LogP contribution is -2.20. The fourth-order valence-electron chi connectivity index (χ4n) is 5.07. The first kappa shape index (κ1) is 25.8. The van der Waals surface area contributed by atoms with Crippen molar-refractivity contribution in [3.8, 4) is 16.8 Å². The number of hydrogen-bond acceptors (Lipinski definition) is 7. The molecule has 1 saturated carbocycles. The second-order valence-corrected chi connectivity index (χ2v) is 11.4. The molecule has 3 amide bonds. The van der Waals surface area contributed by atoms with Gasteiger partial charge in [-0.25, -0.2) is 9.48 Å². The molecule has 1 aliphatic carbocycles. The van der Waals surface area contributed by atoms with Crippen LogP contribution < -0.4 is 16.0 Å². The van der Waals surface area contributed by atoms with Crippen LogP contribution in [0.5, 0.6) is 0 Å². The standard InChI is InChI=1S/C29H31N7O4/c1-16-5-6-18(32-28(38)34-25-10-24(40-35-25)29(2,3)4)9-23(16)36-13-17(11-31-36)19-12-30-8-7-22(19)33-27(37)26-20-14-39-15-21(20)26/h5-13,20-21,26H,14-15H2,1-4H3,(H,30,33,37)(H2,32,34,35,38). The highest BCUT2D eigenvalue weighted by atomic mass is 16.5. The molecule has 1 aromatic carbocycles. The average molecular weight is 542 g/mol. The van der Waals surface area contributed by atoms with E-state index in [1.54, 1.807) is 35.4 Å². The van der Waals surface area contributed by atoms with Crippen molar-refractivity contribution in [2.45, 2.75) is 33.1 Å². The van der Waals surface area contributed by atoms with Gasteiger partial charge in [-0.05, 0) is 42.5 Å². The summed E-state index contributed by atoms with van der Waals surface area (Å²) in [6.45, 7) is 9.30. The number of fused-ring (bicyclic) bond motifs is 1. The van der Waals surface area contributed by atoms with Crippen LogP contribution in [0.15, 0.2) is 59.6 Å². The van der Waals surface area contributed by atoms with Crippen molar-refractivity contribution >= 4 is 29.1 Å². The molecule has 0 spiro atoms. The number of aryl methyl sites for hydroxylation is 1. The van der Waals surface area contributed by atoms with Crippen LogP contribution in [-0.4, -0.2) is 45.1 Å². The van der Waals surface area contributed by atoms with E-state index in [9.17, 15) is 9.59 Å². The molecular weight excluding hydrogens is 510 g/mol. The zero-order valence-electron chi connectivity index (χ0n) is 22.8. The van der Waals surface area contributed by atoms with Crippen molar-refractivity contribution in [1.29, 1.82) is 0 Å². The maximum atomic E-state index is 12.9. The SMILES string of the molecule is Cc1ccc(NC(=O)Nc2cc(C(C)(C)C)on2)cc1-n1cc(-c2cnccc2NC(=O)C2C3COCC32)cn1. The second-order valence-electron chi connectivity index (χ2n) is 11.4. The minimum Gasteiger partial charge on any atom is -0.381 e. The summed E-state index contributed by atoms with van der Waals surface area (Å²) in [6.07, 6.45) is 6.99. The Morgan fingerprint density at radius 1 is 1.02 bits per heavy atom. The van der Waals surface area contributed by atoms with Crippen LogP contribution in [0.1, 0.15) is 32.1 Å². The Balaban J connectivity index is 1.17. The Bertz CT molecular complexity index is 1570. The number of urea groups is 1. The molecular formula is C29H31N7O4. The van der Waals surface area contributed by atoms with Crippen molar-refractivity contribution in [3.05, 3.63) is 66.4 Å². The van der Waals surface area contributed by atoms with Gasteiger partial charge in [0.1, 0.15) is 5.76 Å². The maximum Gasteiger partial charge on any atom is 0.324 e. The van der Waals surface area contributed by atoms with Crippen LogP contribution in [-0.2, 0) is 14.9 Å². The van der Waals surface area contributed by atoms with Gasteiger partial charge in [0.05, 0.1) is 30.8 Å². The third kappa shape index (κ3) is 5.07. The highest BCUT2D eigenvalue weighted by molar-refractivity contribution is 5.99. The zero-order valence-corrected chi connectivity index (χ0v) is 22.8. The highest BCUT2D eigenvalue weighted by Gasteiger charge is 2.58. The number of amides is 3. The van der Waals surface area contributed by atoms with Crippen LogP contribution in [0.2, 0.25) is 0 Å². The van der Waals surface area contributed by atoms with Crippen molar-refractivity contribution < 1.29 is 18.8 Å². The molecule has 1 aliphatic heterocycles. The summed E-state index contributed by atoms with van der Waals surface area (Å²) in [5.74, 6) is 1.70. The molecule has 40 heavy (non-hydrogen) atoms. The first-order valence-corrected chi connectivity index (χ1v) is 13.2. The number of hydrogen-bond donors (Lipinski definition) is 3. The zero-order chi connectivity index (χ0) is 28.0. The van der Waals surface area contributed by atoms with E-state index >= 15 is 0 Å². The Labute approximate surface area is 231 Å². The number of carbonyl (C=O) groups is 2. The number of pyridine rings is 1. The van der Waals surface area contributed by atoms with Gasteiger partial charge in [0.15, 0.2) is 5.82 Å². The van der Waals surface area contributed by atoms with E-state index in [4.69, 9.17) is 9.26 Å². The van der Waals surface area contributed by atoms with E-state index in [1.165, 1.54) is 0 Å². The van der Waals surface area contributed by atoms with Gasteiger partial charge in [-0.1, -0.05) is 32.0 Å². The lowest BCUT2D eigenvalue weighted by Gasteiger charge is -2.12. The Morgan fingerprint density at radius 2 is 1.82 bits per heavy atom. The van der Waals surface area contributed by atoms with E-state index in [2.05, 4.69) is 31.2 Å². The molecule has 2 aliphatic rings. The summed E-state index contributed by atoms with van der Waals surface area (Å²) in [5.41, 5.74) is 4.40. The number of carbonyl (C=O) groups excluding carboxylic acids is 2. The molecule has 0 bridgehead atoms. The van der Waals surface area contributed by atoms with Crippen molar-refractivity contribution in [1.82, 2.24) is 19.9 Å². The number of rotatable bonds is 6. The van der Waals surface area contributed by atoms with E-state index in [0.717, 1.165) is 22.4 Å². The lowest BCUT2D eigenvalue weighted by molar-refractivity contribution is -0.118. The number of nitrogens with one attached hydrogen (secondary N) is 3. The van der Waals surface area contributed by atoms with Crippen LogP contribution in [0, 0.1) is 24.7 Å². The molecule has 4 heterocycles. The molecule has 4 aromatic rings. The number of benzene rings is 1. The second kappa shape index (κ2) is 9.91. The molecule has 6 rings (SSSR count). The van der Waals surface area contributed by atoms with Crippen LogP contribution in [0.25, 0.3) is 16.8 Å². The molecule has 206 valence electrons. The molecule has 2 atom stereocenters. The van der Waals surface area contributed by atoms with Crippen molar-refractivity contribution in [2.24, 2.45) is 17.8 Å². The van der Waals surface area contributed by atoms with Crippen molar-refractivity contribution in [3.63, 3.8) is 0 Å². The topological polar surface area (TPSA) is 136 Å². The summed E-state index contributed by atoms with van der Waals surface area (Å²) in [4.78, 5) is 29.8. The Kier molecular flexibility index (Phi) is 6.38. The Hall–Kier alpha value is -4.51. The maximum absolute atomic E-state index is 12.9. The quantitative estimate of drug-likeness (QED) is 0.312. The number of ether oxygens (including phenoxy) is 1. The minimum absolute atomic E-state index is 0.0115. The van der Waals surface area contributed by atoms with Gasteiger partial charge in [0, 0.05) is 52.8 Å².